The van der Waals surface area contributed by atoms with Gasteiger partial charge in [0.05, 0.1) is 12.6 Å². The van der Waals surface area contributed by atoms with Gasteiger partial charge in [-0.2, -0.15) is 0 Å². The maximum Gasteiger partial charge on any atom is 0.242 e. The normalized spacial score (nSPS) is 18.8. The van der Waals surface area contributed by atoms with E-state index in [0.29, 0.717) is 13.1 Å². The molecule has 2 amide bonds. The molecule has 1 aliphatic heterocycles. The molecule has 0 radical (unpaired) electrons. The van der Waals surface area contributed by atoms with E-state index in [-0.39, 0.29) is 30.3 Å². The molecule has 1 atom stereocenters. The van der Waals surface area contributed by atoms with E-state index in [2.05, 4.69) is 49.6 Å². The van der Waals surface area contributed by atoms with E-state index < -0.39 is 0 Å². The summed E-state index contributed by atoms with van der Waals surface area (Å²) in [4.78, 5) is 32.0. The summed E-state index contributed by atoms with van der Waals surface area (Å²) in [5.41, 5.74) is 3.62. The summed E-state index contributed by atoms with van der Waals surface area (Å²) in [5, 5.41) is 2.14. The van der Waals surface area contributed by atoms with Crippen molar-refractivity contribution in [2.45, 2.75) is 64.8 Å². The van der Waals surface area contributed by atoms with Crippen LogP contribution in [0.2, 0.25) is 0 Å². The number of hydrogen-bond donors (Lipinski definition) is 0. The van der Waals surface area contributed by atoms with Crippen molar-refractivity contribution in [2.24, 2.45) is 5.92 Å². The third-order valence-electron chi connectivity index (χ3n) is 6.80. The van der Waals surface area contributed by atoms with Crippen LogP contribution < -0.4 is 0 Å². The van der Waals surface area contributed by atoms with Crippen molar-refractivity contribution in [2.75, 3.05) is 19.6 Å². The van der Waals surface area contributed by atoms with Crippen LogP contribution in [0, 0.1) is 12.8 Å². The number of thiophene rings is 1. The largest absolute Gasteiger partial charge is 0.333 e. The lowest BCUT2D eigenvalue weighted by Crippen LogP contribution is -2.48. The Morgan fingerprint density at radius 2 is 1.87 bits per heavy atom. The molecular weight excluding hydrogens is 404 g/mol. The Hall–Kier alpha value is -2.14. The van der Waals surface area contributed by atoms with Gasteiger partial charge in [0.25, 0.3) is 0 Å². The fourth-order valence-corrected chi connectivity index (χ4v) is 5.90. The predicted molar refractivity (Wildman–Crippen MR) is 126 cm³/mol. The topological polar surface area (TPSA) is 40.6 Å². The average Bonchev–Trinajstić information content (AvgIpc) is 3.48. The number of aryl methyl sites for hydroxylation is 1. The van der Waals surface area contributed by atoms with Crippen LogP contribution in [0.1, 0.15) is 73.1 Å². The van der Waals surface area contributed by atoms with E-state index in [9.17, 15) is 9.59 Å². The summed E-state index contributed by atoms with van der Waals surface area (Å²) in [6.45, 7) is 5.83. The SMILES string of the molecule is CCCCN(CC(=O)N1CCc2sccc2C1c1ccc(C)cc1)C(=O)C1CCCC1. The van der Waals surface area contributed by atoms with Crippen LogP contribution in [-0.4, -0.2) is 41.2 Å². The third kappa shape index (κ3) is 4.87. The Balaban J connectivity index is 1.57. The van der Waals surface area contributed by atoms with Crippen LogP contribution in [-0.2, 0) is 16.0 Å². The molecule has 2 aliphatic rings. The maximum absolute atomic E-state index is 13.6. The van der Waals surface area contributed by atoms with E-state index in [1.54, 1.807) is 11.3 Å². The number of carbonyl (C=O) groups excluding carboxylic acids is 2. The van der Waals surface area contributed by atoms with Crippen molar-refractivity contribution in [1.29, 1.82) is 0 Å². The number of amides is 2. The van der Waals surface area contributed by atoms with Crippen LogP contribution in [0.3, 0.4) is 0 Å². The van der Waals surface area contributed by atoms with E-state index in [1.807, 2.05) is 9.80 Å². The predicted octanol–water partition coefficient (Wildman–Crippen LogP) is 5.35. The van der Waals surface area contributed by atoms with Gasteiger partial charge in [0.2, 0.25) is 11.8 Å². The Kier molecular flexibility index (Phi) is 7.11. The maximum atomic E-state index is 13.6. The van der Waals surface area contributed by atoms with E-state index in [1.165, 1.54) is 16.0 Å². The summed E-state index contributed by atoms with van der Waals surface area (Å²) >= 11 is 1.78. The Bertz CT molecular complexity index is 898. The van der Waals surface area contributed by atoms with Gasteiger partial charge in [0.15, 0.2) is 0 Å². The first-order valence-electron chi connectivity index (χ1n) is 11.8. The fourth-order valence-electron chi connectivity index (χ4n) is 4.99. The molecule has 1 saturated carbocycles. The molecule has 1 aromatic heterocycles. The minimum atomic E-state index is -0.0577. The molecule has 4 rings (SSSR count). The molecule has 2 heterocycles. The van der Waals surface area contributed by atoms with Gasteiger partial charge in [-0.05, 0) is 55.2 Å². The smallest absolute Gasteiger partial charge is 0.242 e. The van der Waals surface area contributed by atoms with E-state index >= 15 is 0 Å². The molecule has 5 heteroatoms. The van der Waals surface area contributed by atoms with Crippen molar-refractivity contribution in [3.8, 4) is 0 Å². The first kappa shape index (κ1) is 22.1. The zero-order valence-electron chi connectivity index (χ0n) is 18.8. The number of hydrogen-bond acceptors (Lipinski definition) is 3. The van der Waals surface area contributed by atoms with Gasteiger partial charge in [-0.1, -0.05) is 56.0 Å². The van der Waals surface area contributed by atoms with E-state index in [0.717, 1.165) is 50.5 Å². The zero-order valence-corrected chi connectivity index (χ0v) is 19.6. The van der Waals surface area contributed by atoms with Gasteiger partial charge in [-0.3, -0.25) is 9.59 Å². The molecule has 0 spiro atoms. The molecule has 1 aromatic carbocycles. The minimum absolute atomic E-state index is 0.0577. The van der Waals surface area contributed by atoms with Crippen LogP contribution in [0.5, 0.6) is 0 Å². The molecular formula is C26H34N2O2S. The summed E-state index contributed by atoms with van der Waals surface area (Å²) in [6, 6.07) is 10.6. The van der Waals surface area contributed by atoms with Crippen LogP contribution in [0.4, 0.5) is 0 Å². The Labute approximate surface area is 190 Å². The second kappa shape index (κ2) is 9.99. The van der Waals surface area contributed by atoms with Crippen molar-refractivity contribution < 1.29 is 9.59 Å². The highest BCUT2D eigenvalue weighted by molar-refractivity contribution is 7.10. The highest BCUT2D eigenvalue weighted by atomic mass is 32.1. The number of unbranched alkanes of at least 4 members (excludes halogenated alkanes) is 1. The lowest BCUT2D eigenvalue weighted by molar-refractivity contribution is -0.144. The monoisotopic (exact) mass is 438 g/mol. The lowest BCUT2D eigenvalue weighted by atomic mass is 9.92. The zero-order chi connectivity index (χ0) is 21.8. The van der Waals surface area contributed by atoms with Crippen molar-refractivity contribution in [3.05, 3.63) is 57.3 Å². The quantitative estimate of drug-likeness (QED) is 0.585. The van der Waals surface area contributed by atoms with Gasteiger partial charge in [0, 0.05) is 23.9 Å². The standard InChI is InChI=1S/C26H34N2O2S/c1-3-4-15-27(26(30)21-7-5-6-8-21)18-24(29)28-16-13-23-22(14-17-31-23)25(28)20-11-9-19(2)10-12-20/h9-12,14,17,21,25H,3-8,13,15-16,18H2,1-2H3. The van der Waals surface area contributed by atoms with Crippen molar-refractivity contribution >= 4 is 23.2 Å². The fraction of sp³-hybridized carbons (Fsp3) is 0.538. The first-order valence-corrected chi connectivity index (χ1v) is 12.7. The third-order valence-corrected chi connectivity index (χ3v) is 7.80. The van der Waals surface area contributed by atoms with Crippen LogP contribution >= 0.6 is 11.3 Å². The highest BCUT2D eigenvalue weighted by Gasteiger charge is 2.35. The number of rotatable bonds is 7. The number of carbonyl (C=O) groups is 2. The minimum Gasteiger partial charge on any atom is -0.333 e. The molecule has 166 valence electrons. The lowest BCUT2D eigenvalue weighted by Gasteiger charge is -2.38. The first-order chi connectivity index (χ1) is 15.1. The van der Waals surface area contributed by atoms with Gasteiger partial charge in [-0.25, -0.2) is 0 Å². The summed E-state index contributed by atoms with van der Waals surface area (Å²) in [5.74, 6) is 0.381. The average molecular weight is 439 g/mol. The van der Waals surface area contributed by atoms with Gasteiger partial charge in [-0.15, -0.1) is 11.3 Å². The molecule has 31 heavy (non-hydrogen) atoms. The highest BCUT2D eigenvalue weighted by Crippen LogP contribution is 2.38. The summed E-state index contributed by atoms with van der Waals surface area (Å²) in [6.07, 6.45) is 7.08. The molecule has 0 saturated heterocycles. The second-order valence-electron chi connectivity index (χ2n) is 9.04. The number of fused-ring (bicyclic) bond motifs is 1. The number of nitrogens with zero attached hydrogens (tertiary/aromatic N) is 2. The van der Waals surface area contributed by atoms with Gasteiger partial charge >= 0.3 is 0 Å². The van der Waals surface area contributed by atoms with Crippen LogP contribution in [0.15, 0.2) is 35.7 Å². The molecule has 2 aromatic rings. The molecule has 0 N–H and O–H groups in total. The summed E-state index contributed by atoms with van der Waals surface area (Å²) in [7, 11) is 0. The van der Waals surface area contributed by atoms with Crippen molar-refractivity contribution in [3.63, 3.8) is 0 Å². The molecule has 4 nitrogen and oxygen atoms in total. The molecule has 1 unspecified atom stereocenters. The second-order valence-corrected chi connectivity index (χ2v) is 10.0. The Morgan fingerprint density at radius 3 is 2.58 bits per heavy atom. The molecule has 0 bridgehead atoms. The Morgan fingerprint density at radius 1 is 1.13 bits per heavy atom. The number of benzene rings is 1. The molecule has 1 aliphatic carbocycles. The van der Waals surface area contributed by atoms with E-state index in [4.69, 9.17) is 0 Å². The molecule has 1 fully saturated rings. The summed E-state index contributed by atoms with van der Waals surface area (Å²) < 4.78 is 0. The van der Waals surface area contributed by atoms with Gasteiger partial charge < -0.3 is 9.80 Å². The van der Waals surface area contributed by atoms with Crippen molar-refractivity contribution in [1.82, 2.24) is 9.80 Å². The van der Waals surface area contributed by atoms with Gasteiger partial charge in [0.1, 0.15) is 0 Å². The van der Waals surface area contributed by atoms with Crippen LogP contribution in [0.25, 0.3) is 0 Å².